The van der Waals surface area contributed by atoms with Crippen molar-refractivity contribution in [2.75, 3.05) is 12.6 Å². The standard InChI is InChI=1S/C6H10ClFO4/c7-1-3-4(9)5(10)6(11,2-8)12-3/h3-5,9-11H,1-2H2/t3-,4-,5+,6-/m1/s1. The van der Waals surface area contributed by atoms with Crippen molar-refractivity contribution in [3.05, 3.63) is 0 Å². The minimum Gasteiger partial charge on any atom is -0.387 e. The third kappa shape index (κ3) is 1.43. The van der Waals surface area contributed by atoms with Gasteiger partial charge in [0, 0.05) is 0 Å². The van der Waals surface area contributed by atoms with Crippen LogP contribution < -0.4 is 0 Å². The molecule has 0 unspecified atom stereocenters. The summed E-state index contributed by atoms with van der Waals surface area (Å²) in [4.78, 5) is 0. The average molecular weight is 201 g/mol. The Labute approximate surface area is 73.5 Å². The topological polar surface area (TPSA) is 69.9 Å². The van der Waals surface area contributed by atoms with Crippen molar-refractivity contribution in [1.29, 1.82) is 0 Å². The van der Waals surface area contributed by atoms with E-state index in [1.165, 1.54) is 0 Å². The highest BCUT2D eigenvalue weighted by atomic mass is 35.5. The molecular weight excluding hydrogens is 191 g/mol. The average Bonchev–Trinajstić information content (AvgIpc) is 2.31. The molecular formula is C6H10ClFO4. The van der Waals surface area contributed by atoms with Gasteiger partial charge in [0.15, 0.2) is 0 Å². The number of aliphatic hydroxyl groups is 3. The number of hydrogen-bond acceptors (Lipinski definition) is 4. The van der Waals surface area contributed by atoms with E-state index in [-0.39, 0.29) is 5.88 Å². The molecule has 12 heavy (non-hydrogen) atoms. The molecule has 4 atom stereocenters. The SMILES string of the molecule is O[C@@H]1[C@@H](CCl)O[C@](O)(CF)[C@H]1O. The van der Waals surface area contributed by atoms with Gasteiger partial charge >= 0.3 is 0 Å². The summed E-state index contributed by atoms with van der Waals surface area (Å²) in [5.74, 6) is -2.42. The molecule has 1 heterocycles. The second-order valence-corrected chi connectivity index (χ2v) is 3.03. The largest absolute Gasteiger partial charge is 0.387 e. The normalized spacial score (nSPS) is 48.2. The molecule has 6 heteroatoms. The molecule has 0 aromatic heterocycles. The van der Waals surface area contributed by atoms with Gasteiger partial charge in [0.25, 0.3) is 0 Å². The molecule has 1 aliphatic heterocycles. The van der Waals surface area contributed by atoms with E-state index < -0.39 is 30.8 Å². The summed E-state index contributed by atoms with van der Waals surface area (Å²) in [5.41, 5.74) is 0. The molecule has 0 spiro atoms. The number of aliphatic hydroxyl groups excluding tert-OH is 2. The molecule has 3 N–H and O–H groups in total. The summed E-state index contributed by atoms with van der Waals surface area (Å²) in [6.45, 7) is -1.28. The molecule has 1 rings (SSSR count). The monoisotopic (exact) mass is 200 g/mol. The predicted molar refractivity (Wildman–Crippen MR) is 38.5 cm³/mol. The smallest absolute Gasteiger partial charge is 0.224 e. The highest BCUT2D eigenvalue weighted by Crippen LogP contribution is 2.29. The van der Waals surface area contributed by atoms with Gasteiger partial charge in [-0.1, -0.05) is 0 Å². The van der Waals surface area contributed by atoms with Crippen LogP contribution in [0.3, 0.4) is 0 Å². The maximum Gasteiger partial charge on any atom is 0.224 e. The Kier molecular flexibility index (Phi) is 2.90. The lowest BCUT2D eigenvalue weighted by molar-refractivity contribution is -0.232. The molecule has 0 amide bonds. The van der Waals surface area contributed by atoms with E-state index >= 15 is 0 Å². The van der Waals surface area contributed by atoms with Crippen LogP contribution in [0.5, 0.6) is 0 Å². The first-order chi connectivity index (χ1) is 5.55. The van der Waals surface area contributed by atoms with Crippen LogP contribution in [0.15, 0.2) is 0 Å². The molecule has 1 fully saturated rings. The molecule has 0 aliphatic carbocycles. The van der Waals surface area contributed by atoms with Gasteiger partial charge in [-0.05, 0) is 0 Å². The van der Waals surface area contributed by atoms with Crippen molar-refractivity contribution in [3.8, 4) is 0 Å². The van der Waals surface area contributed by atoms with Crippen LogP contribution >= 0.6 is 11.6 Å². The minimum atomic E-state index is -2.31. The Balaban J connectivity index is 2.72. The predicted octanol–water partition coefficient (Wildman–Crippen LogP) is -0.996. The first-order valence-corrected chi connectivity index (χ1v) is 3.97. The van der Waals surface area contributed by atoms with Gasteiger partial charge in [-0.2, -0.15) is 0 Å². The van der Waals surface area contributed by atoms with E-state index in [2.05, 4.69) is 4.74 Å². The Hall–Kier alpha value is 0.0600. The Morgan fingerprint density at radius 3 is 2.33 bits per heavy atom. The van der Waals surface area contributed by atoms with Gasteiger partial charge in [0.05, 0.1) is 5.88 Å². The van der Waals surface area contributed by atoms with Crippen LogP contribution in [0.1, 0.15) is 0 Å². The second-order valence-electron chi connectivity index (χ2n) is 2.72. The zero-order valence-corrected chi connectivity index (χ0v) is 6.91. The van der Waals surface area contributed by atoms with E-state index in [1.54, 1.807) is 0 Å². The maximum atomic E-state index is 12.1. The van der Waals surface area contributed by atoms with Gasteiger partial charge in [-0.3, -0.25) is 0 Å². The lowest BCUT2D eigenvalue weighted by atomic mass is 10.1. The Morgan fingerprint density at radius 1 is 1.50 bits per heavy atom. The van der Waals surface area contributed by atoms with E-state index in [0.29, 0.717) is 0 Å². The second kappa shape index (κ2) is 3.43. The molecule has 0 aromatic carbocycles. The quantitative estimate of drug-likeness (QED) is 0.501. The van der Waals surface area contributed by atoms with Gasteiger partial charge < -0.3 is 20.1 Å². The molecule has 1 aliphatic rings. The number of alkyl halides is 2. The fourth-order valence-corrected chi connectivity index (χ4v) is 1.35. The summed E-state index contributed by atoms with van der Waals surface area (Å²) in [7, 11) is 0. The van der Waals surface area contributed by atoms with Gasteiger partial charge in [0.1, 0.15) is 25.0 Å². The molecule has 0 radical (unpaired) electrons. The molecule has 0 saturated carbocycles. The Bertz CT molecular complexity index is 170. The summed E-state index contributed by atoms with van der Waals surface area (Å²) in [6, 6.07) is 0. The summed E-state index contributed by atoms with van der Waals surface area (Å²) < 4.78 is 16.7. The summed E-state index contributed by atoms with van der Waals surface area (Å²) in [6.07, 6.45) is -3.92. The van der Waals surface area contributed by atoms with Crippen LogP contribution in [-0.2, 0) is 4.74 Å². The number of hydrogen-bond donors (Lipinski definition) is 3. The first-order valence-electron chi connectivity index (χ1n) is 3.43. The zero-order chi connectivity index (χ0) is 9.35. The third-order valence-electron chi connectivity index (χ3n) is 1.87. The molecule has 4 nitrogen and oxygen atoms in total. The van der Waals surface area contributed by atoms with Crippen LogP contribution in [0.2, 0.25) is 0 Å². The highest BCUT2D eigenvalue weighted by Gasteiger charge is 2.53. The van der Waals surface area contributed by atoms with Crippen LogP contribution in [0, 0.1) is 0 Å². The first kappa shape index (κ1) is 10.1. The maximum absolute atomic E-state index is 12.1. The van der Waals surface area contributed by atoms with Crippen LogP contribution in [0.4, 0.5) is 4.39 Å². The number of halogens is 2. The third-order valence-corrected chi connectivity index (χ3v) is 2.17. The molecule has 0 aromatic rings. The van der Waals surface area contributed by atoms with E-state index in [4.69, 9.17) is 21.8 Å². The number of rotatable bonds is 2. The van der Waals surface area contributed by atoms with Gasteiger partial charge in [-0.15, -0.1) is 11.6 Å². The van der Waals surface area contributed by atoms with Gasteiger partial charge in [-0.25, -0.2) is 4.39 Å². The van der Waals surface area contributed by atoms with Crippen molar-refractivity contribution in [1.82, 2.24) is 0 Å². The lowest BCUT2D eigenvalue weighted by Crippen LogP contribution is -2.44. The Morgan fingerprint density at radius 2 is 2.08 bits per heavy atom. The molecule has 0 bridgehead atoms. The summed E-state index contributed by atoms with van der Waals surface area (Å²) >= 11 is 5.32. The van der Waals surface area contributed by atoms with E-state index in [1.807, 2.05) is 0 Å². The van der Waals surface area contributed by atoms with Crippen LogP contribution in [-0.4, -0.2) is 52.0 Å². The minimum absolute atomic E-state index is 0.111. The molecule has 1 saturated heterocycles. The van der Waals surface area contributed by atoms with Gasteiger partial charge in [0.2, 0.25) is 5.79 Å². The zero-order valence-electron chi connectivity index (χ0n) is 6.15. The highest BCUT2D eigenvalue weighted by molar-refractivity contribution is 6.18. The molecule has 72 valence electrons. The van der Waals surface area contributed by atoms with Crippen molar-refractivity contribution < 1.29 is 24.4 Å². The lowest BCUT2D eigenvalue weighted by Gasteiger charge is -2.21. The fraction of sp³-hybridized carbons (Fsp3) is 1.00. The van der Waals surface area contributed by atoms with E-state index in [0.717, 1.165) is 0 Å². The number of ether oxygens (including phenoxy) is 1. The van der Waals surface area contributed by atoms with Crippen molar-refractivity contribution in [2.45, 2.75) is 24.1 Å². The van der Waals surface area contributed by atoms with Crippen LogP contribution in [0.25, 0.3) is 0 Å². The van der Waals surface area contributed by atoms with Crippen molar-refractivity contribution in [3.63, 3.8) is 0 Å². The fourth-order valence-electron chi connectivity index (χ4n) is 1.11. The van der Waals surface area contributed by atoms with Crippen molar-refractivity contribution in [2.24, 2.45) is 0 Å². The summed E-state index contributed by atoms with van der Waals surface area (Å²) in [5, 5.41) is 27.4. The van der Waals surface area contributed by atoms with E-state index in [9.17, 15) is 9.50 Å². The van der Waals surface area contributed by atoms with Crippen molar-refractivity contribution >= 4 is 11.6 Å².